The Labute approximate surface area is 163 Å². The van der Waals surface area contributed by atoms with Crippen molar-refractivity contribution in [2.75, 3.05) is 10.6 Å². The fourth-order valence-corrected chi connectivity index (χ4v) is 2.60. The van der Waals surface area contributed by atoms with Gasteiger partial charge in [0.05, 0.1) is 22.0 Å². The van der Waals surface area contributed by atoms with E-state index in [2.05, 4.69) is 20.6 Å². The predicted molar refractivity (Wildman–Crippen MR) is 101 cm³/mol. The number of carbonyl (C=O) groups is 1. The molecule has 5 nitrogen and oxygen atoms in total. The van der Waals surface area contributed by atoms with Crippen molar-refractivity contribution in [3.05, 3.63) is 76.7 Å². The first-order chi connectivity index (χ1) is 13.2. The molecule has 0 spiro atoms. The van der Waals surface area contributed by atoms with Crippen molar-refractivity contribution < 1.29 is 18.0 Å². The molecule has 1 amide bonds. The van der Waals surface area contributed by atoms with Crippen LogP contribution in [-0.4, -0.2) is 15.9 Å². The van der Waals surface area contributed by atoms with Crippen molar-refractivity contribution >= 4 is 34.7 Å². The third-order valence-electron chi connectivity index (χ3n) is 3.77. The molecule has 2 aromatic heterocycles. The second kappa shape index (κ2) is 7.85. The molecule has 0 saturated heterocycles. The van der Waals surface area contributed by atoms with Gasteiger partial charge in [0.15, 0.2) is 0 Å². The van der Waals surface area contributed by atoms with Crippen molar-refractivity contribution in [3.63, 3.8) is 0 Å². The minimum Gasteiger partial charge on any atom is -0.339 e. The first-order valence-corrected chi connectivity index (χ1v) is 8.45. The zero-order valence-electron chi connectivity index (χ0n) is 14.5. The van der Waals surface area contributed by atoms with Gasteiger partial charge in [-0.25, -0.2) is 9.97 Å². The van der Waals surface area contributed by atoms with Gasteiger partial charge >= 0.3 is 6.18 Å². The van der Waals surface area contributed by atoms with E-state index in [4.69, 9.17) is 11.6 Å². The molecule has 28 heavy (non-hydrogen) atoms. The highest BCUT2D eigenvalue weighted by atomic mass is 35.5. The van der Waals surface area contributed by atoms with E-state index in [9.17, 15) is 18.0 Å². The SMILES string of the molecule is Cc1nc(C(F)(F)F)ccc1C(=O)Nc1ccc(Cl)c(Nc2ccccn2)c1. The van der Waals surface area contributed by atoms with Crippen LogP contribution in [0.2, 0.25) is 5.02 Å². The lowest BCUT2D eigenvalue weighted by atomic mass is 10.1. The normalized spacial score (nSPS) is 11.2. The Kier molecular flexibility index (Phi) is 5.51. The summed E-state index contributed by atoms with van der Waals surface area (Å²) in [6, 6.07) is 12.0. The number of amides is 1. The number of halogens is 4. The lowest BCUT2D eigenvalue weighted by molar-refractivity contribution is -0.141. The number of anilines is 3. The Hall–Kier alpha value is -3.13. The standard InChI is InChI=1S/C19H14ClF3N4O/c1-11-13(6-8-16(25-11)19(21,22)23)18(28)26-12-5-7-14(20)15(10-12)27-17-4-2-3-9-24-17/h2-10H,1H3,(H,24,27)(H,26,28). The summed E-state index contributed by atoms with van der Waals surface area (Å²) in [5.41, 5.74) is -0.0993. The van der Waals surface area contributed by atoms with E-state index in [1.54, 1.807) is 42.6 Å². The quantitative estimate of drug-likeness (QED) is 0.604. The van der Waals surface area contributed by atoms with Crippen LogP contribution in [0.3, 0.4) is 0 Å². The summed E-state index contributed by atoms with van der Waals surface area (Å²) in [6.45, 7) is 1.35. The summed E-state index contributed by atoms with van der Waals surface area (Å²) in [5, 5.41) is 6.07. The Bertz CT molecular complexity index is 1010. The molecule has 0 radical (unpaired) electrons. The van der Waals surface area contributed by atoms with Gasteiger partial charge in [0.2, 0.25) is 0 Å². The molecule has 0 aliphatic rings. The van der Waals surface area contributed by atoms with Crippen molar-refractivity contribution in [2.24, 2.45) is 0 Å². The predicted octanol–water partition coefficient (Wildman–Crippen LogP) is 5.45. The summed E-state index contributed by atoms with van der Waals surface area (Å²) in [5.74, 6) is -0.0134. The van der Waals surface area contributed by atoms with E-state index in [0.29, 0.717) is 22.2 Å². The molecule has 0 unspecified atom stereocenters. The van der Waals surface area contributed by atoms with E-state index in [1.807, 2.05) is 0 Å². The van der Waals surface area contributed by atoms with Gasteiger partial charge in [-0.05, 0) is 49.4 Å². The van der Waals surface area contributed by atoms with Crippen molar-refractivity contribution in [2.45, 2.75) is 13.1 Å². The van der Waals surface area contributed by atoms with Gasteiger partial charge in [-0.2, -0.15) is 13.2 Å². The number of aromatic nitrogens is 2. The maximum Gasteiger partial charge on any atom is 0.433 e. The Morgan fingerprint density at radius 2 is 1.89 bits per heavy atom. The smallest absolute Gasteiger partial charge is 0.339 e. The molecular weight excluding hydrogens is 393 g/mol. The highest BCUT2D eigenvalue weighted by Crippen LogP contribution is 2.30. The fourth-order valence-electron chi connectivity index (χ4n) is 2.43. The minimum absolute atomic E-state index is 0.0203. The second-order valence-electron chi connectivity index (χ2n) is 5.82. The maximum absolute atomic E-state index is 12.7. The van der Waals surface area contributed by atoms with Crippen molar-refractivity contribution in [1.82, 2.24) is 9.97 Å². The number of alkyl halides is 3. The van der Waals surface area contributed by atoms with Crippen LogP contribution in [0.15, 0.2) is 54.7 Å². The zero-order valence-corrected chi connectivity index (χ0v) is 15.3. The van der Waals surface area contributed by atoms with Gasteiger partial charge < -0.3 is 10.6 Å². The van der Waals surface area contributed by atoms with E-state index >= 15 is 0 Å². The summed E-state index contributed by atoms with van der Waals surface area (Å²) in [4.78, 5) is 20.1. The Morgan fingerprint density at radius 3 is 2.54 bits per heavy atom. The molecular formula is C19H14ClF3N4O. The molecule has 2 N–H and O–H groups in total. The van der Waals surface area contributed by atoms with Crippen molar-refractivity contribution in [3.8, 4) is 0 Å². The van der Waals surface area contributed by atoms with E-state index in [1.165, 1.54) is 6.92 Å². The molecule has 0 bridgehead atoms. The Morgan fingerprint density at radius 1 is 1.11 bits per heavy atom. The molecule has 2 heterocycles. The average molecular weight is 407 g/mol. The summed E-state index contributed by atoms with van der Waals surface area (Å²) in [7, 11) is 0. The maximum atomic E-state index is 12.7. The number of nitrogens with one attached hydrogen (secondary N) is 2. The van der Waals surface area contributed by atoms with Gasteiger partial charge in [-0.15, -0.1) is 0 Å². The number of hydrogen-bond donors (Lipinski definition) is 2. The number of aryl methyl sites for hydroxylation is 1. The fraction of sp³-hybridized carbons (Fsp3) is 0.105. The molecule has 0 aliphatic carbocycles. The molecule has 3 aromatic rings. The van der Waals surface area contributed by atoms with Crippen LogP contribution in [0.4, 0.5) is 30.4 Å². The summed E-state index contributed by atoms with van der Waals surface area (Å²) < 4.78 is 38.2. The second-order valence-corrected chi connectivity index (χ2v) is 6.22. The number of nitrogens with zero attached hydrogens (tertiary/aromatic N) is 2. The third kappa shape index (κ3) is 4.58. The Balaban J connectivity index is 1.80. The van der Waals surface area contributed by atoms with Gasteiger partial charge in [0.1, 0.15) is 11.5 Å². The van der Waals surface area contributed by atoms with Crippen LogP contribution in [0.25, 0.3) is 0 Å². The minimum atomic E-state index is -4.57. The van der Waals surface area contributed by atoms with Crippen LogP contribution >= 0.6 is 11.6 Å². The van der Waals surface area contributed by atoms with Crippen molar-refractivity contribution in [1.29, 1.82) is 0 Å². The summed E-state index contributed by atoms with van der Waals surface area (Å²) in [6.07, 6.45) is -2.95. The van der Waals surface area contributed by atoms with Gasteiger partial charge in [-0.1, -0.05) is 17.7 Å². The highest BCUT2D eigenvalue weighted by Gasteiger charge is 2.33. The number of rotatable bonds is 4. The topological polar surface area (TPSA) is 66.9 Å². The number of hydrogen-bond acceptors (Lipinski definition) is 4. The van der Waals surface area contributed by atoms with Gasteiger partial charge in [-0.3, -0.25) is 4.79 Å². The van der Waals surface area contributed by atoms with Crippen LogP contribution in [0, 0.1) is 6.92 Å². The number of pyridine rings is 2. The lowest BCUT2D eigenvalue weighted by Crippen LogP contribution is -2.16. The van der Waals surface area contributed by atoms with Gasteiger partial charge in [0.25, 0.3) is 5.91 Å². The van der Waals surface area contributed by atoms with E-state index in [0.717, 1.165) is 12.1 Å². The molecule has 1 aromatic carbocycles. The monoisotopic (exact) mass is 406 g/mol. The molecule has 3 rings (SSSR count). The third-order valence-corrected chi connectivity index (χ3v) is 4.10. The summed E-state index contributed by atoms with van der Waals surface area (Å²) >= 11 is 6.17. The van der Waals surface area contributed by atoms with E-state index < -0.39 is 17.8 Å². The molecule has 0 atom stereocenters. The van der Waals surface area contributed by atoms with Crippen LogP contribution in [-0.2, 0) is 6.18 Å². The average Bonchev–Trinajstić information content (AvgIpc) is 2.64. The van der Waals surface area contributed by atoms with Crippen LogP contribution in [0.1, 0.15) is 21.7 Å². The van der Waals surface area contributed by atoms with Crippen LogP contribution < -0.4 is 10.6 Å². The first-order valence-electron chi connectivity index (χ1n) is 8.08. The molecule has 9 heteroatoms. The largest absolute Gasteiger partial charge is 0.433 e. The van der Waals surface area contributed by atoms with Crippen LogP contribution in [0.5, 0.6) is 0 Å². The zero-order chi connectivity index (χ0) is 20.3. The number of carbonyl (C=O) groups excluding carboxylic acids is 1. The molecule has 0 saturated carbocycles. The molecule has 144 valence electrons. The molecule has 0 aliphatic heterocycles. The highest BCUT2D eigenvalue weighted by molar-refractivity contribution is 6.33. The molecule has 0 fully saturated rings. The number of benzene rings is 1. The first kappa shape index (κ1) is 19.6. The lowest BCUT2D eigenvalue weighted by Gasteiger charge is -2.12. The van der Waals surface area contributed by atoms with E-state index in [-0.39, 0.29) is 11.3 Å². The van der Waals surface area contributed by atoms with Gasteiger partial charge in [0, 0.05) is 11.9 Å².